The number of benzene rings is 1. The van der Waals surface area contributed by atoms with Gasteiger partial charge in [-0.2, -0.15) is 13.2 Å². The van der Waals surface area contributed by atoms with Crippen molar-refractivity contribution in [3.05, 3.63) is 35.1 Å². The molecule has 1 aliphatic rings. The van der Waals surface area contributed by atoms with Crippen LogP contribution < -0.4 is 0 Å². The van der Waals surface area contributed by atoms with Gasteiger partial charge in [-0.1, -0.05) is 6.07 Å². The van der Waals surface area contributed by atoms with E-state index in [2.05, 4.69) is 0 Å². The smallest absolute Gasteiger partial charge is 0.393 e. The quantitative estimate of drug-likeness (QED) is 0.823. The second-order valence-electron chi connectivity index (χ2n) is 4.76. The minimum atomic E-state index is -4.66. The standard InChI is InChI=1S/C13H14F4O/c14-11-7-8(1-5-10(11)13(15,16)17)2-6-12(18)9-3-4-9/h1,5,7,9,12,18H,2-4,6H2. The summed E-state index contributed by atoms with van der Waals surface area (Å²) in [6.45, 7) is 0. The van der Waals surface area contributed by atoms with Gasteiger partial charge in [0.25, 0.3) is 0 Å². The van der Waals surface area contributed by atoms with Crippen LogP contribution in [0.25, 0.3) is 0 Å². The fraction of sp³-hybridized carbons (Fsp3) is 0.538. The first kappa shape index (κ1) is 13.3. The summed E-state index contributed by atoms with van der Waals surface area (Å²) in [5.74, 6) is -0.926. The van der Waals surface area contributed by atoms with Crippen molar-refractivity contribution in [2.45, 2.75) is 38.0 Å². The van der Waals surface area contributed by atoms with Crippen LogP contribution in [0.2, 0.25) is 0 Å². The molecule has 1 aromatic carbocycles. The van der Waals surface area contributed by atoms with Gasteiger partial charge in [-0.15, -0.1) is 0 Å². The first-order chi connectivity index (χ1) is 8.38. The number of halogens is 4. The Morgan fingerprint density at radius 2 is 1.94 bits per heavy atom. The van der Waals surface area contributed by atoms with Crippen LogP contribution in [-0.4, -0.2) is 11.2 Å². The highest BCUT2D eigenvalue weighted by atomic mass is 19.4. The second-order valence-corrected chi connectivity index (χ2v) is 4.76. The lowest BCUT2D eigenvalue weighted by molar-refractivity contribution is -0.140. The Balaban J connectivity index is 2.00. The van der Waals surface area contributed by atoms with Gasteiger partial charge in [0.05, 0.1) is 11.7 Å². The fourth-order valence-electron chi connectivity index (χ4n) is 1.98. The van der Waals surface area contributed by atoms with Crippen LogP contribution >= 0.6 is 0 Å². The lowest BCUT2D eigenvalue weighted by Gasteiger charge is -2.11. The molecule has 1 fully saturated rings. The summed E-state index contributed by atoms with van der Waals surface area (Å²) < 4.78 is 50.2. The van der Waals surface area contributed by atoms with E-state index < -0.39 is 23.7 Å². The van der Waals surface area contributed by atoms with Crippen molar-refractivity contribution < 1.29 is 22.7 Å². The number of hydrogen-bond acceptors (Lipinski definition) is 1. The molecule has 1 nitrogen and oxygen atoms in total. The van der Waals surface area contributed by atoms with Gasteiger partial charge in [-0.05, 0) is 49.3 Å². The van der Waals surface area contributed by atoms with Gasteiger partial charge in [-0.25, -0.2) is 4.39 Å². The molecular weight excluding hydrogens is 248 g/mol. The van der Waals surface area contributed by atoms with Crippen molar-refractivity contribution in [3.8, 4) is 0 Å². The van der Waals surface area contributed by atoms with Crippen LogP contribution in [0.15, 0.2) is 18.2 Å². The summed E-state index contributed by atoms with van der Waals surface area (Å²) in [7, 11) is 0. The zero-order valence-corrected chi connectivity index (χ0v) is 9.67. The monoisotopic (exact) mass is 262 g/mol. The molecule has 0 spiro atoms. The molecule has 2 rings (SSSR count). The van der Waals surface area contributed by atoms with Crippen LogP contribution in [0.5, 0.6) is 0 Å². The number of aliphatic hydroxyl groups is 1. The number of hydrogen-bond donors (Lipinski definition) is 1. The van der Waals surface area contributed by atoms with Gasteiger partial charge in [0.1, 0.15) is 5.82 Å². The Bertz CT molecular complexity index is 423. The van der Waals surface area contributed by atoms with E-state index in [1.54, 1.807) is 0 Å². The third-order valence-corrected chi connectivity index (χ3v) is 3.23. The molecule has 0 aliphatic heterocycles. The minimum absolute atomic E-state index is 0.323. The number of aliphatic hydroxyl groups excluding tert-OH is 1. The lowest BCUT2D eigenvalue weighted by Crippen LogP contribution is -2.11. The zero-order chi connectivity index (χ0) is 13.3. The van der Waals surface area contributed by atoms with Gasteiger partial charge in [0.15, 0.2) is 0 Å². The minimum Gasteiger partial charge on any atom is -0.393 e. The highest BCUT2D eigenvalue weighted by molar-refractivity contribution is 5.26. The van der Waals surface area contributed by atoms with Gasteiger partial charge in [-0.3, -0.25) is 0 Å². The van der Waals surface area contributed by atoms with Gasteiger partial charge in [0, 0.05) is 0 Å². The van der Waals surface area contributed by atoms with E-state index in [4.69, 9.17) is 0 Å². The van der Waals surface area contributed by atoms with Crippen molar-refractivity contribution in [2.24, 2.45) is 5.92 Å². The number of alkyl halides is 3. The Kier molecular flexibility index (Phi) is 3.61. The molecule has 1 aromatic rings. The van der Waals surface area contributed by atoms with Crippen LogP contribution in [0, 0.1) is 11.7 Å². The summed E-state index contributed by atoms with van der Waals surface area (Å²) in [4.78, 5) is 0. The second kappa shape index (κ2) is 4.88. The van der Waals surface area contributed by atoms with Gasteiger partial charge in [0.2, 0.25) is 0 Å². The molecule has 1 saturated carbocycles. The third kappa shape index (κ3) is 3.22. The van der Waals surface area contributed by atoms with Gasteiger partial charge < -0.3 is 5.11 Å². The van der Waals surface area contributed by atoms with E-state index in [0.29, 0.717) is 24.3 Å². The zero-order valence-electron chi connectivity index (χ0n) is 9.67. The van der Waals surface area contributed by atoms with E-state index >= 15 is 0 Å². The van der Waals surface area contributed by atoms with E-state index in [1.807, 2.05) is 0 Å². The van der Waals surface area contributed by atoms with Crippen LogP contribution in [0.3, 0.4) is 0 Å². The molecule has 0 amide bonds. The highest BCUT2D eigenvalue weighted by Gasteiger charge is 2.34. The highest BCUT2D eigenvalue weighted by Crippen LogP contribution is 2.35. The summed E-state index contributed by atoms with van der Waals surface area (Å²) >= 11 is 0. The molecule has 0 aromatic heterocycles. The van der Waals surface area contributed by atoms with E-state index in [9.17, 15) is 22.7 Å². The fourth-order valence-corrected chi connectivity index (χ4v) is 1.98. The first-order valence-corrected chi connectivity index (χ1v) is 5.91. The summed E-state index contributed by atoms with van der Waals surface area (Å²) in [5, 5.41) is 9.63. The van der Waals surface area contributed by atoms with Crippen LogP contribution in [0.1, 0.15) is 30.4 Å². The van der Waals surface area contributed by atoms with E-state index in [0.717, 1.165) is 25.0 Å². The Morgan fingerprint density at radius 3 is 2.44 bits per heavy atom. The Labute approximate surface area is 102 Å². The SMILES string of the molecule is OC(CCc1ccc(C(F)(F)F)c(F)c1)C1CC1. The topological polar surface area (TPSA) is 20.2 Å². The molecule has 1 N–H and O–H groups in total. The normalized spacial score (nSPS) is 17.8. The maximum atomic E-state index is 13.3. The molecule has 1 aliphatic carbocycles. The molecule has 1 unspecified atom stereocenters. The number of rotatable bonds is 4. The van der Waals surface area contributed by atoms with Crippen LogP contribution in [-0.2, 0) is 12.6 Å². The molecule has 0 heterocycles. The average Bonchev–Trinajstić information content (AvgIpc) is 3.07. The third-order valence-electron chi connectivity index (χ3n) is 3.23. The van der Waals surface area contributed by atoms with Crippen molar-refractivity contribution in [1.29, 1.82) is 0 Å². The maximum Gasteiger partial charge on any atom is 0.419 e. The van der Waals surface area contributed by atoms with Crippen molar-refractivity contribution in [1.82, 2.24) is 0 Å². The largest absolute Gasteiger partial charge is 0.419 e. The average molecular weight is 262 g/mol. The van der Waals surface area contributed by atoms with Crippen LogP contribution in [0.4, 0.5) is 17.6 Å². The molecule has 0 saturated heterocycles. The molecule has 100 valence electrons. The summed E-state index contributed by atoms with van der Waals surface area (Å²) in [6.07, 6.45) is -2.21. The molecular formula is C13H14F4O. The molecule has 0 bridgehead atoms. The predicted octanol–water partition coefficient (Wildman–Crippen LogP) is 3.55. The lowest BCUT2D eigenvalue weighted by atomic mass is 10.0. The molecule has 18 heavy (non-hydrogen) atoms. The van der Waals surface area contributed by atoms with E-state index in [1.165, 1.54) is 6.07 Å². The Hall–Kier alpha value is -1.10. The first-order valence-electron chi connectivity index (χ1n) is 5.91. The van der Waals surface area contributed by atoms with Crippen molar-refractivity contribution >= 4 is 0 Å². The number of aryl methyl sites for hydroxylation is 1. The summed E-state index contributed by atoms with van der Waals surface area (Å²) in [6, 6.07) is 2.93. The molecule has 1 atom stereocenters. The van der Waals surface area contributed by atoms with E-state index in [-0.39, 0.29) is 0 Å². The predicted molar refractivity (Wildman–Crippen MR) is 58.5 cm³/mol. The molecule has 0 radical (unpaired) electrons. The molecule has 5 heteroatoms. The summed E-state index contributed by atoms with van der Waals surface area (Å²) in [5.41, 5.74) is -0.755. The maximum absolute atomic E-state index is 13.3. The van der Waals surface area contributed by atoms with Crippen molar-refractivity contribution in [2.75, 3.05) is 0 Å². The Morgan fingerprint density at radius 1 is 1.28 bits per heavy atom. The van der Waals surface area contributed by atoms with Crippen molar-refractivity contribution in [3.63, 3.8) is 0 Å². The van der Waals surface area contributed by atoms with Gasteiger partial charge >= 0.3 is 6.18 Å².